The molecule has 0 spiro atoms. The molecule has 0 heterocycles. The first kappa shape index (κ1) is 13.1. The molecule has 0 saturated carbocycles. The van der Waals surface area contributed by atoms with Crippen molar-refractivity contribution in [3.63, 3.8) is 0 Å². The molecule has 0 fully saturated rings. The monoisotopic (exact) mass is 255 g/mol. The van der Waals surface area contributed by atoms with Crippen molar-refractivity contribution in [2.24, 2.45) is 0 Å². The fourth-order valence-electron chi connectivity index (χ4n) is 1.20. The number of non-ortho nitro benzene ring substituents is 1. The van der Waals surface area contributed by atoms with Gasteiger partial charge in [0.1, 0.15) is 0 Å². The zero-order valence-electron chi connectivity index (χ0n) is 8.87. The Hall–Kier alpha value is -1.98. The number of aryl methyl sites for hydroxylation is 1. The third kappa shape index (κ3) is 2.99. The van der Waals surface area contributed by atoms with Gasteiger partial charge in [0.15, 0.2) is 0 Å². The first-order valence-corrected chi connectivity index (χ1v) is 5.98. The highest BCUT2D eigenvalue weighted by Gasteiger charge is 2.19. The fraction of sp³-hybridized carbons (Fsp3) is 0.222. The summed E-state index contributed by atoms with van der Waals surface area (Å²) < 4.78 is 25.4. The molecule has 0 aliphatic carbocycles. The first-order chi connectivity index (χ1) is 7.88. The van der Waals surface area contributed by atoms with Crippen LogP contribution in [-0.2, 0) is 10.0 Å². The van der Waals surface area contributed by atoms with E-state index in [4.69, 9.17) is 5.26 Å². The van der Waals surface area contributed by atoms with Crippen molar-refractivity contribution in [1.29, 1.82) is 5.26 Å². The molecule has 7 nitrogen and oxygen atoms in total. The van der Waals surface area contributed by atoms with Gasteiger partial charge in [0, 0.05) is 12.1 Å². The molecule has 90 valence electrons. The molecule has 0 amide bonds. The molecule has 1 rings (SSSR count). The van der Waals surface area contributed by atoms with Gasteiger partial charge in [0.25, 0.3) is 5.69 Å². The molecule has 1 aromatic rings. The van der Waals surface area contributed by atoms with E-state index in [0.717, 1.165) is 6.07 Å². The molecule has 8 heteroatoms. The minimum Gasteiger partial charge on any atom is -0.258 e. The summed E-state index contributed by atoms with van der Waals surface area (Å²) in [6, 6.07) is 5.16. The lowest BCUT2D eigenvalue weighted by molar-refractivity contribution is -0.385. The number of rotatable bonds is 4. The van der Waals surface area contributed by atoms with Crippen LogP contribution in [0.1, 0.15) is 5.56 Å². The summed E-state index contributed by atoms with van der Waals surface area (Å²) in [7, 11) is -3.89. The number of sulfonamides is 1. The highest BCUT2D eigenvalue weighted by Crippen LogP contribution is 2.21. The average Bonchev–Trinajstić information content (AvgIpc) is 2.26. The Kier molecular flexibility index (Phi) is 3.77. The van der Waals surface area contributed by atoms with E-state index in [0.29, 0.717) is 5.56 Å². The Morgan fingerprint density at radius 3 is 2.71 bits per heavy atom. The fourth-order valence-corrected chi connectivity index (χ4v) is 2.37. The lowest BCUT2D eigenvalue weighted by Crippen LogP contribution is -2.24. The van der Waals surface area contributed by atoms with Crippen LogP contribution in [0.25, 0.3) is 0 Å². The van der Waals surface area contributed by atoms with Crippen LogP contribution < -0.4 is 4.72 Å². The summed E-state index contributed by atoms with van der Waals surface area (Å²) in [6.07, 6.45) is 0. The van der Waals surface area contributed by atoms with Crippen LogP contribution >= 0.6 is 0 Å². The summed E-state index contributed by atoms with van der Waals surface area (Å²) in [5, 5.41) is 18.8. The molecule has 0 unspecified atom stereocenters. The summed E-state index contributed by atoms with van der Waals surface area (Å²) in [6.45, 7) is 1.13. The Morgan fingerprint density at radius 2 is 2.18 bits per heavy atom. The summed E-state index contributed by atoms with van der Waals surface area (Å²) in [5.74, 6) is 0. The van der Waals surface area contributed by atoms with Crippen LogP contribution in [0.3, 0.4) is 0 Å². The number of benzene rings is 1. The lowest BCUT2D eigenvalue weighted by Gasteiger charge is -2.06. The maximum Gasteiger partial charge on any atom is 0.270 e. The summed E-state index contributed by atoms with van der Waals surface area (Å²) in [4.78, 5) is 9.67. The van der Waals surface area contributed by atoms with Crippen molar-refractivity contribution in [3.8, 4) is 6.07 Å². The van der Waals surface area contributed by atoms with Gasteiger partial charge in [0.2, 0.25) is 10.0 Å². The zero-order chi connectivity index (χ0) is 13.1. The van der Waals surface area contributed by atoms with Crippen molar-refractivity contribution in [3.05, 3.63) is 33.9 Å². The number of hydrogen-bond acceptors (Lipinski definition) is 5. The Bertz CT molecular complexity index is 589. The summed E-state index contributed by atoms with van der Waals surface area (Å²) >= 11 is 0. The second-order valence-electron chi connectivity index (χ2n) is 3.19. The molecule has 1 N–H and O–H groups in total. The smallest absolute Gasteiger partial charge is 0.258 e. The van der Waals surface area contributed by atoms with Gasteiger partial charge in [-0.2, -0.15) is 9.98 Å². The number of nitro benzene ring substituents is 1. The molecular weight excluding hydrogens is 246 g/mol. The van der Waals surface area contributed by atoms with E-state index in [-0.39, 0.29) is 17.1 Å². The normalized spacial score (nSPS) is 10.8. The van der Waals surface area contributed by atoms with E-state index in [2.05, 4.69) is 0 Å². The maximum absolute atomic E-state index is 11.7. The van der Waals surface area contributed by atoms with Crippen molar-refractivity contribution < 1.29 is 13.3 Å². The largest absolute Gasteiger partial charge is 0.270 e. The topological polar surface area (TPSA) is 113 Å². The molecule has 17 heavy (non-hydrogen) atoms. The number of nitrogens with zero attached hydrogens (tertiary/aromatic N) is 2. The van der Waals surface area contributed by atoms with E-state index < -0.39 is 14.9 Å². The van der Waals surface area contributed by atoms with Crippen LogP contribution in [0.2, 0.25) is 0 Å². The van der Waals surface area contributed by atoms with E-state index in [1.165, 1.54) is 19.1 Å². The van der Waals surface area contributed by atoms with E-state index in [1.54, 1.807) is 6.07 Å². The minimum atomic E-state index is -3.89. The first-order valence-electron chi connectivity index (χ1n) is 4.50. The molecule has 0 radical (unpaired) electrons. The number of hydrogen-bond donors (Lipinski definition) is 1. The second-order valence-corrected chi connectivity index (χ2v) is 4.92. The van der Waals surface area contributed by atoms with Crippen LogP contribution in [0.5, 0.6) is 0 Å². The Balaban J connectivity index is 3.26. The highest BCUT2D eigenvalue weighted by molar-refractivity contribution is 7.89. The second kappa shape index (κ2) is 4.90. The van der Waals surface area contributed by atoms with Gasteiger partial charge < -0.3 is 0 Å². The predicted octanol–water partition coefficient (Wildman–Crippen LogP) is 0.705. The van der Waals surface area contributed by atoms with Crippen LogP contribution in [-0.4, -0.2) is 19.9 Å². The van der Waals surface area contributed by atoms with Gasteiger partial charge >= 0.3 is 0 Å². The Labute approximate surface area is 97.9 Å². The van der Waals surface area contributed by atoms with Gasteiger partial charge in [-0.1, -0.05) is 6.07 Å². The van der Waals surface area contributed by atoms with Gasteiger partial charge in [-0.05, 0) is 12.5 Å². The molecule has 0 aliphatic heterocycles. The lowest BCUT2D eigenvalue weighted by atomic mass is 10.2. The van der Waals surface area contributed by atoms with Crippen molar-refractivity contribution in [1.82, 2.24) is 4.72 Å². The molecule has 1 aromatic carbocycles. The third-order valence-corrected chi connectivity index (χ3v) is 3.56. The highest BCUT2D eigenvalue weighted by atomic mass is 32.2. The quantitative estimate of drug-likeness (QED) is 0.483. The number of nitriles is 1. The van der Waals surface area contributed by atoms with Crippen molar-refractivity contribution in [2.75, 3.05) is 6.54 Å². The zero-order valence-corrected chi connectivity index (χ0v) is 9.69. The van der Waals surface area contributed by atoms with Crippen LogP contribution in [0, 0.1) is 28.4 Å². The SMILES string of the molecule is Cc1ccc([N+](=O)[O-])cc1S(=O)(=O)NCC#N. The molecule has 0 saturated heterocycles. The Morgan fingerprint density at radius 1 is 1.53 bits per heavy atom. The number of nitrogens with one attached hydrogen (secondary N) is 1. The average molecular weight is 255 g/mol. The molecule has 0 aliphatic rings. The van der Waals surface area contributed by atoms with Crippen LogP contribution in [0.4, 0.5) is 5.69 Å². The van der Waals surface area contributed by atoms with E-state index in [9.17, 15) is 18.5 Å². The van der Waals surface area contributed by atoms with Gasteiger partial charge in [-0.3, -0.25) is 10.1 Å². The van der Waals surface area contributed by atoms with Gasteiger partial charge in [-0.25, -0.2) is 8.42 Å². The molecule has 0 aromatic heterocycles. The number of nitro groups is 1. The molecule has 0 bridgehead atoms. The van der Waals surface area contributed by atoms with Gasteiger partial charge in [-0.15, -0.1) is 0 Å². The standard InChI is InChI=1S/C9H9N3O4S/c1-7-2-3-8(12(13)14)6-9(7)17(15,16)11-5-4-10/h2-3,6,11H,5H2,1H3. The predicted molar refractivity (Wildman–Crippen MR) is 58.6 cm³/mol. The molecular formula is C9H9N3O4S. The van der Waals surface area contributed by atoms with Crippen molar-refractivity contribution >= 4 is 15.7 Å². The minimum absolute atomic E-state index is 0.193. The van der Waals surface area contributed by atoms with Crippen molar-refractivity contribution in [2.45, 2.75) is 11.8 Å². The third-order valence-electron chi connectivity index (χ3n) is 2.01. The van der Waals surface area contributed by atoms with Crippen LogP contribution in [0.15, 0.2) is 23.1 Å². The molecule has 0 atom stereocenters. The van der Waals surface area contributed by atoms with Gasteiger partial charge in [0.05, 0.1) is 22.4 Å². The van der Waals surface area contributed by atoms with E-state index in [1.807, 2.05) is 4.72 Å². The summed E-state index contributed by atoms with van der Waals surface area (Å²) in [5.41, 5.74) is 0.0639. The maximum atomic E-state index is 11.7. The van der Waals surface area contributed by atoms with E-state index >= 15 is 0 Å².